The van der Waals surface area contributed by atoms with Crippen molar-refractivity contribution in [1.82, 2.24) is 9.55 Å². The van der Waals surface area contributed by atoms with E-state index >= 15 is 0 Å². The second kappa shape index (κ2) is 19.2. The summed E-state index contributed by atoms with van der Waals surface area (Å²) >= 11 is -3.78. The van der Waals surface area contributed by atoms with E-state index in [4.69, 9.17) is 9.72 Å². The van der Waals surface area contributed by atoms with Crippen molar-refractivity contribution in [2.24, 2.45) is 0 Å². The van der Waals surface area contributed by atoms with Gasteiger partial charge >= 0.3 is 342 Å². The maximum atomic E-state index is 7.46. The van der Waals surface area contributed by atoms with Crippen molar-refractivity contribution in [2.45, 2.75) is 124 Å². The summed E-state index contributed by atoms with van der Waals surface area (Å²) in [6, 6.07) is 76.2. The second-order valence-electron chi connectivity index (χ2n) is 28.9. The number of para-hydroxylation sites is 2. The Morgan fingerprint density at radius 1 is 0.424 bits per heavy atom. The van der Waals surface area contributed by atoms with Crippen LogP contribution in [0.5, 0.6) is 11.5 Å². The van der Waals surface area contributed by atoms with Crippen LogP contribution in [-0.4, -0.2) is 29.5 Å². The van der Waals surface area contributed by atoms with E-state index in [1.54, 1.807) is 0 Å². The summed E-state index contributed by atoms with van der Waals surface area (Å²) < 4.78 is 15.8. The van der Waals surface area contributed by atoms with Crippen LogP contribution in [0.25, 0.3) is 49.9 Å². The summed E-state index contributed by atoms with van der Waals surface area (Å²) in [6.45, 7) is 33.4. The van der Waals surface area contributed by atoms with Gasteiger partial charge in [0.25, 0.3) is 0 Å². The number of hydrogen-bond acceptors (Lipinski definition) is 4. The molecule has 14 rings (SSSR count). The van der Waals surface area contributed by atoms with Crippen LogP contribution in [0.4, 0.5) is 22.7 Å². The van der Waals surface area contributed by atoms with Gasteiger partial charge in [-0.15, -0.1) is 0 Å². The predicted molar refractivity (Wildman–Crippen MR) is 362 cm³/mol. The molecular formula is C79H78GeN4O. The van der Waals surface area contributed by atoms with Crippen molar-refractivity contribution < 1.29 is 4.74 Å². The third kappa shape index (κ3) is 8.64. The fourth-order valence-electron chi connectivity index (χ4n) is 14.3. The molecule has 11 aromatic rings. The molecule has 0 saturated heterocycles. The first-order chi connectivity index (χ1) is 40.4. The minimum absolute atomic E-state index is 0.0569. The van der Waals surface area contributed by atoms with Crippen LogP contribution >= 0.6 is 0 Å². The molecule has 0 fully saturated rings. The number of aromatic nitrogens is 2. The number of nitrogens with zero attached hydrogens (tertiary/aromatic N) is 4. The van der Waals surface area contributed by atoms with Gasteiger partial charge in [-0.05, 0) is 56.2 Å². The number of benzene rings is 9. The van der Waals surface area contributed by atoms with Crippen molar-refractivity contribution in [3.63, 3.8) is 0 Å². The van der Waals surface area contributed by atoms with Gasteiger partial charge in [-0.1, -0.05) is 111 Å². The zero-order chi connectivity index (χ0) is 59.3. The molecule has 0 N–H and O–H groups in total. The Hall–Kier alpha value is -8.13. The molecule has 424 valence electrons. The molecule has 85 heavy (non-hydrogen) atoms. The quantitative estimate of drug-likeness (QED) is 0.149. The number of fused-ring (bicyclic) bond motifs is 7. The SMILES string of the molecule is CC(C)(C)c1cc(-c2cc(C(C)(C)C)cc(-c3ccccc3)c2N2CN(c3cccc(Oc4c[c]5c6c7[c](cccc7n(-c7cc(C(C)(C)C)ccn7)c6c4)[Ge]54[c]5ccccc5C(C)(C)c5cccc[c]54)c3)c3ccccc32)cc(C(C)(C)C)c1. The average Bonchev–Trinajstić information content (AvgIpc) is 1.54. The van der Waals surface area contributed by atoms with Crippen molar-refractivity contribution in [3.8, 4) is 39.6 Å². The monoisotopic (exact) mass is 1170 g/mol. The van der Waals surface area contributed by atoms with Crippen molar-refractivity contribution in [1.29, 1.82) is 0 Å². The molecule has 0 radical (unpaired) electrons. The van der Waals surface area contributed by atoms with E-state index in [-0.39, 0.29) is 27.1 Å². The Bertz CT molecular complexity index is 4430. The third-order valence-corrected chi connectivity index (χ3v) is 29.3. The number of anilines is 4. The molecule has 0 atom stereocenters. The molecule has 0 bridgehead atoms. The molecular weight excluding hydrogens is 1090 g/mol. The predicted octanol–water partition coefficient (Wildman–Crippen LogP) is 18.1. The summed E-state index contributed by atoms with van der Waals surface area (Å²) in [5.74, 6) is 2.53. The summed E-state index contributed by atoms with van der Waals surface area (Å²) in [7, 11) is 0. The normalized spacial score (nSPS) is 15.0. The van der Waals surface area contributed by atoms with Gasteiger partial charge in [0, 0.05) is 0 Å². The average molecular weight is 1170 g/mol. The molecule has 5 nitrogen and oxygen atoms in total. The van der Waals surface area contributed by atoms with Crippen LogP contribution in [0.3, 0.4) is 0 Å². The Morgan fingerprint density at radius 2 is 0.965 bits per heavy atom. The molecule has 9 aromatic carbocycles. The van der Waals surface area contributed by atoms with Gasteiger partial charge in [-0.3, -0.25) is 0 Å². The number of hydrogen-bond donors (Lipinski definition) is 0. The fraction of sp³-hybridized carbons (Fsp3) is 0.253. The molecule has 6 heteroatoms. The first kappa shape index (κ1) is 54.8. The van der Waals surface area contributed by atoms with E-state index in [1.165, 1.54) is 95.2 Å². The molecule has 0 unspecified atom stereocenters. The minimum atomic E-state index is -3.78. The number of rotatable bonds is 7. The van der Waals surface area contributed by atoms with Crippen LogP contribution in [0.1, 0.15) is 130 Å². The molecule has 0 saturated carbocycles. The molecule has 0 aliphatic carbocycles. The zero-order valence-electron chi connectivity index (χ0n) is 52.0. The summed E-state index contributed by atoms with van der Waals surface area (Å²) in [5, 5.41) is 2.69. The third-order valence-electron chi connectivity index (χ3n) is 18.9. The van der Waals surface area contributed by atoms with E-state index in [2.05, 4.69) is 311 Å². The standard InChI is InChI=1S/C79H78GeN4O/c1-75(2,3)52-38-39-81-71(45-52)84-69-37-25-34-65-72(69)73-66(80(65)63-32-20-18-30-61(63)79(13,14)62-31-19-21-33-64(62)80)47-58(48-70(73)84)85-57-29-24-28-56(46-57)82-49-83(68-36-23-22-35-67(68)82)74-59(50-26-16-15-17-27-50)43-55(78(10,11)12)44-60(74)51-40-53(76(4,5)6)42-54(41-51)77(7,8)9/h15-48H,49H2,1-14H3. The van der Waals surface area contributed by atoms with E-state index in [9.17, 15) is 0 Å². The maximum absolute atomic E-state index is 7.46. The van der Waals surface area contributed by atoms with Gasteiger partial charge in [0.2, 0.25) is 0 Å². The maximum Gasteiger partial charge on any atom is -0.0132 e. The van der Waals surface area contributed by atoms with Gasteiger partial charge in [0.05, 0.1) is 0 Å². The summed E-state index contributed by atoms with van der Waals surface area (Å²) in [4.78, 5) is 10.2. The summed E-state index contributed by atoms with van der Waals surface area (Å²) in [5.41, 5.74) is 19.4. The first-order valence-corrected chi connectivity index (χ1v) is 34.7. The fourth-order valence-corrected chi connectivity index (χ4v) is 26.9. The van der Waals surface area contributed by atoms with Gasteiger partial charge in [-0.25, -0.2) is 0 Å². The largest absolute Gasteiger partial charge is 0.0561 e. The molecule has 1 spiro atoms. The Kier molecular flexibility index (Phi) is 12.4. The molecule has 2 aromatic heterocycles. The van der Waals surface area contributed by atoms with Crippen LogP contribution in [0.15, 0.2) is 206 Å². The van der Waals surface area contributed by atoms with Crippen molar-refractivity contribution >= 4 is 75.4 Å². The van der Waals surface area contributed by atoms with Crippen molar-refractivity contribution in [3.05, 3.63) is 240 Å². The van der Waals surface area contributed by atoms with Gasteiger partial charge in [0.15, 0.2) is 0 Å². The first-order valence-electron chi connectivity index (χ1n) is 30.5. The molecule has 0 amide bonds. The second-order valence-corrected chi connectivity index (χ2v) is 36.6. The van der Waals surface area contributed by atoms with E-state index in [1.807, 2.05) is 6.20 Å². The van der Waals surface area contributed by atoms with Crippen LogP contribution in [0.2, 0.25) is 0 Å². The van der Waals surface area contributed by atoms with Gasteiger partial charge in [0.1, 0.15) is 0 Å². The van der Waals surface area contributed by atoms with Crippen LogP contribution < -0.4 is 32.1 Å². The number of ether oxygens (including phenoxy) is 1. The van der Waals surface area contributed by atoms with Crippen molar-refractivity contribution in [2.75, 3.05) is 16.5 Å². The van der Waals surface area contributed by atoms with E-state index in [0.717, 1.165) is 39.9 Å². The number of pyridine rings is 1. The van der Waals surface area contributed by atoms with Gasteiger partial charge in [-0.2, -0.15) is 0 Å². The Balaban J connectivity index is 0.944. The molecule has 3 aliphatic rings. The van der Waals surface area contributed by atoms with Crippen LogP contribution in [-0.2, 0) is 27.1 Å². The Labute approximate surface area is 506 Å². The molecule has 5 heterocycles. The van der Waals surface area contributed by atoms with Crippen LogP contribution in [0, 0.1) is 0 Å². The zero-order valence-corrected chi connectivity index (χ0v) is 54.1. The Morgan fingerprint density at radius 3 is 1.60 bits per heavy atom. The van der Waals surface area contributed by atoms with E-state index < -0.39 is 13.3 Å². The van der Waals surface area contributed by atoms with Gasteiger partial charge < -0.3 is 0 Å². The van der Waals surface area contributed by atoms with E-state index in [0.29, 0.717) is 6.67 Å². The summed E-state index contributed by atoms with van der Waals surface area (Å²) in [6.07, 6.45) is 1.99. The molecule has 3 aliphatic heterocycles. The topological polar surface area (TPSA) is 33.5 Å². The minimum Gasteiger partial charge on any atom is -0.0561 e. The smallest absolute Gasteiger partial charge is 0.0132 e.